The summed E-state index contributed by atoms with van der Waals surface area (Å²) in [6.07, 6.45) is 7.38. The lowest BCUT2D eigenvalue weighted by Gasteiger charge is -2.34. The first-order valence-electron chi connectivity index (χ1n) is 14.1. The minimum absolute atomic E-state index is 0.435. The van der Waals surface area contributed by atoms with Crippen LogP contribution in [0.3, 0.4) is 0 Å². The zero-order valence-corrected chi connectivity index (χ0v) is 25.3. The van der Waals surface area contributed by atoms with E-state index in [1.807, 2.05) is 0 Å². The molecule has 2 aromatic carbocycles. The summed E-state index contributed by atoms with van der Waals surface area (Å²) in [4.78, 5) is 0. The predicted octanol–water partition coefficient (Wildman–Crippen LogP) is 7.01. The molecule has 2 saturated heterocycles. The molecule has 2 aliphatic heterocycles. The Balaban J connectivity index is 1.04. The van der Waals surface area contributed by atoms with Gasteiger partial charge >= 0.3 is 0 Å². The van der Waals surface area contributed by atoms with Crippen LogP contribution in [0.25, 0.3) is 0 Å². The molecule has 2 atom stereocenters. The first-order valence-corrected chi connectivity index (χ1v) is 20.4. The summed E-state index contributed by atoms with van der Waals surface area (Å²) in [6.45, 7) is 12.9. The normalized spacial score (nSPS) is 19.0. The quantitative estimate of drug-likeness (QED) is 0.115. The Kier molecular flexibility index (Phi) is 10.3. The van der Waals surface area contributed by atoms with Gasteiger partial charge in [0.05, 0.1) is 38.6 Å². The number of hydrogen-bond acceptors (Lipinski definition) is 5. The molecule has 7 heteroatoms. The fourth-order valence-electron chi connectivity index (χ4n) is 4.88. The van der Waals surface area contributed by atoms with Gasteiger partial charge in [0.2, 0.25) is 0 Å². The van der Waals surface area contributed by atoms with Crippen LogP contribution in [-0.4, -0.2) is 55.3 Å². The minimum atomic E-state index is -1.67. The number of hydrogen-bond donors (Lipinski definition) is 0. The number of epoxide rings is 2. The summed E-state index contributed by atoms with van der Waals surface area (Å²) in [7, 11) is -3.33. The standard InChI is InChI=1S/C30H46O5Si2/c1-36(2,19-7-5-17-31-27-13-9-25(10-14-27)21-29-23-33-29)35-37(3,4)20-8-6-18-32-28-15-11-26(12-16-28)22-30-24-34-30/h9-16,29-30H,5-8,17-24H2,1-4H3. The summed E-state index contributed by atoms with van der Waals surface area (Å²) >= 11 is 0. The topological polar surface area (TPSA) is 52.8 Å². The molecule has 2 heterocycles. The van der Waals surface area contributed by atoms with Gasteiger partial charge in [-0.2, -0.15) is 0 Å². The van der Waals surface area contributed by atoms with E-state index in [0.717, 1.165) is 63.6 Å². The molecule has 2 unspecified atom stereocenters. The second-order valence-corrected chi connectivity index (χ2v) is 20.7. The van der Waals surface area contributed by atoms with E-state index >= 15 is 0 Å². The highest BCUT2D eigenvalue weighted by Crippen LogP contribution is 2.26. The van der Waals surface area contributed by atoms with Crippen LogP contribution in [0.1, 0.15) is 36.8 Å². The predicted molar refractivity (Wildman–Crippen MR) is 155 cm³/mol. The molecule has 0 spiro atoms. The molecule has 204 valence electrons. The second-order valence-electron chi connectivity index (χ2n) is 11.8. The monoisotopic (exact) mass is 542 g/mol. The maximum absolute atomic E-state index is 6.83. The van der Waals surface area contributed by atoms with Crippen molar-refractivity contribution in [3.8, 4) is 11.5 Å². The van der Waals surface area contributed by atoms with Gasteiger partial charge in [-0.15, -0.1) is 0 Å². The van der Waals surface area contributed by atoms with Crippen molar-refractivity contribution in [3.05, 3.63) is 59.7 Å². The molecule has 2 aromatic rings. The van der Waals surface area contributed by atoms with Crippen molar-refractivity contribution in [3.63, 3.8) is 0 Å². The van der Waals surface area contributed by atoms with Crippen molar-refractivity contribution in [2.45, 2.75) is 89.0 Å². The van der Waals surface area contributed by atoms with E-state index in [9.17, 15) is 0 Å². The van der Waals surface area contributed by atoms with Gasteiger partial charge in [-0.25, -0.2) is 0 Å². The third kappa shape index (κ3) is 11.3. The van der Waals surface area contributed by atoms with Crippen LogP contribution in [0, 0.1) is 0 Å². The second kappa shape index (κ2) is 13.4. The molecule has 37 heavy (non-hydrogen) atoms. The van der Waals surface area contributed by atoms with Gasteiger partial charge in [0, 0.05) is 12.8 Å². The molecule has 0 amide bonds. The summed E-state index contributed by atoms with van der Waals surface area (Å²) in [5.41, 5.74) is 2.65. The van der Waals surface area contributed by atoms with Crippen LogP contribution >= 0.6 is 0 Å². The lowest BCUT2D eigenvalue weighted by Crippen LogP contribution is -2.44. The third-order valence-corrected chi connectivity index (χ3v) is 14.6. The highest BCUT2D eigenvalue weighted by atomic mass is 28.4. The van der Waals surface area contributed by atoms with Crippen LogP contribution in [0.2, 0.25) is 38.3 Å². The van der Waals surface area contributed by atoms with E-state index in [2.05, 4.69) is 74.7 Å². The SMILES string of the molecule is C[Si](C)(CCCCOc1ccc(CC2CO2)cc1)O[Si](C)(C)CCCCOc1ccc(CC2CO2)cc1. The van der Waals surface area contributed by atoms with Crippen molar-refractivity contribution in [1.82, 2.24) is 0 Å². The molecule has 2 fully saturated rings. The van der Waals surface area contributed by atoms with E-state index in [-0.39, 0.29) is 0 Å². The van der Waals surface area contributed by atoms with Crippen molar-refractivity contribution in [2.75, 3.05) is 26.4 Å². The number of rotatable bonds is 18. The Morgan fingerprint density at radius 1 is 0.622 bits per heavy atom. The van der Waals surface area contributed by atoms with Crippen molar-refractivity contribution >= 4 is 16.6 Å². The zero-order chi connectivity index (χ0) is 26.1. The molecule has 0 bridgehead atoms. The van der Waals surface area contributed by atoms with Crippen LogP contribution in [0.15, 0.2) is 48.5 Å². The largest absolute Gasteiger partial charge is 0.494 e. The van der Waals surface area contributed by atoms with Gasteiger partial charge in [0.15, 0.2) is 16.6 Å². The van der Waals surface area contributed by atoms with Gasteiger partial charge in [-0.3, -0.25) is 0 Å². The van der Waals surface area contributed by atoms with Gasteiger partial charge in [-0.05, 0) is 86.5 Å². The van der Waals surface area contributed by atoms with Crippen LogP contribution in [-0.2, 0) is 26.4 Å². The summed E-state index contributed by atoms with van der Waals surface area (Å²) in [5.74, 6) is 1.93. The first kappa shape index (κ1) is 28.4. The maximum atomic E-state index is 6.83. The van der Waals surface area contributed by atoms with Crippen molar-refractivity contribution < 1.29 is 23.1 Å². The van der Waals surface area contributed by atoms with Gasteiger partial charge in [0.1, 0.15) is 11.5 Å². The Morgan fingerprint density at radius 2 is 1.00 bits per heavy atom. The molecular weight excluding hydrogens is 496 g/mol. The van der Waals surface area contributed by atoms with Crippen LogP contribution in [0.5, 0.6) is 11.5 Å². The molecule has 4 rings (SSSR count). The Morgan fingerprint density at radius 3 is 1.35 bits per heavy atom. The third-order valence-electron chi connectivity index (χ3n) is 7.01. The van der Waals surface area contributed by atoms with E-state index < -0.39 is 16.6 Å². The summed E-state index contributed by atoms with van der Waals surface area (Å²) in [6, 6.07) is 19.3. The smallest absolute Gasteiger partial charge is 0.173 e. The highest BCUT2D eigenvalue weighted by molar-refractivity contribution is 6.84. The Hall–Kier alpha value is -1.65. The Labute approximate surface area is 226 Å². The minimum Gasteiger partial charge on any atom is -0.494 e. The zero-order valence-electron chi connectivity index (χ0n) is 23.3. The number of unbranched alkanes of at least 4 members (excludes halogenated alkanes) is 2. The fraction of sp³-hybridized carbons (Fsp3) is 0.600. The van der Waals surface area contributed by atoms with Crippen molar-refractivity contribution in [2.24, 2.45) is 0 Å². The van der Waals surface area contributed by atoms with Crippen LogP contribution in [0.4, 0.5) is 0 Å². The molecule has 0 saturated carbocycles. The molecule has 0 aromatic heterocycles. The van der Waals surface area contributed by atoms with E-state index in [1.54, 1.807) is 0 Å². The van der Waals surface area contributed by atoms with E-state index in [4.69, 9.17) is 23.1 Å². The lowest BCUT2D eigenvalue weighted by molar-refractivity contribution is 0.307. The average Bonchev–Trinajstić information content (AvgIpc) is 3.77. The summed E-state index contributed by atoms with van der Waals surface area (Å²) in [5, 5.41) is 0. The molecule has 2 aliphatic rings. The van der Waals surface area contributed by atoms with E-state index in [0.29, 0.717) is 12.2 Å². The molecular formula is C30H46O5Si2. The van der Waals surface area contributed by atoms with Gasteiger partial charge < -0.3 is 23.1 Å². The molecule has 0 N–H and O–H groups in total. The molecule has 0 radical (unpaired) electrons. The first-order chi connectivity index (χ1) is 17.8. The molecule has 5 nitrogen and oxygen atoms in total. The average molecular weight is 543 g/mol. The van der Waals surface area contributed by atoms with Crippen molar-refractivity contribution in [1.29, 1.82) is 0 Å². The van der Waals surface area contributed by atoms with Crippen LogP contribution < -0.4 is 9.47 Å². The maximum Gasteiger partial charge on any atom is 0.173 e. The van der Waals surface area contributed by atoms with E-state index in [1.165, 1.54) is 36.1 Å². The summed E-state index contributed by atoms with van der Waals surface area (Å²) < 4.78 is 29.4. The number of ether oxygens (including phenoxy) is 4. The lowest BCUT2D eigenvalue weighted by atomic mass is 10.1. The number of benzene rings is 2. The fourth-order valence-corrected chi connectivity index (χ4v) is 13.9. The molecule has 0 aliphatic carbocycles. The Bertz CT molecular complexity index is 860. The highest BCUT2D eigenvalue weighted by Gasteiger charge is 2.32. The van der Waals surface area contributed by atoms with Gasteiger partial charge in [0.25, 0.3) is 0 Å². The van der Waals surface area contributed by atoms with Gasteiger partial charge in [-0.1, -0.05) is 37.1 Å².